The van der Waals surface area contributed by atoms with Crippen molar-refractivity contribution >= 4 is 28.7 Å². The molecule has 0 radical (unpaired) electrons. The van der Waals surface area contributed by atoms with E-state index in [0.29, 0.717) is 41.1 Å². The summed E-state index contributed by atoms with van der Waals surface area (Å²) in [7, 11) is 0. The summed E-state index contributed by atoms with van der Waals surface area (Å²) >= 11 is 6.28. The first-order valence-corrected chi connectivity index (χ1v) is 6.76. The summed E-state index contributed by atoms with van der Waals surface area (Å²) in [6.07, 6.45) is 0.877. The Kier molecular flexibility index (Phi) is 2.53. The van der Waals surface area contributed by atoms with E-state index in [1.54, 1.807) is 12.1 Å². The van der Waals surface area contributed by atoms with Crippen LogP contribution in [-0.4, -0.2) is 11.0 Å². The second-order valence-corrected chi connectivity index (χ2v) is 5.22. The highest BCUT2D eigenvalue weighted by molar-refractivity contribution is 6.36. The Balaban J connectivity index is 2.08. The molecule has 0 unspecified atom stereocenters. The molecule has 21 heavy (non-hydrogen) atoms. The van der Waals surface area contributed by atoms with Gasteiger partial charge in [0.25, 0.3) is 0 Å². The Hall–Kier alpha value is -2.40. The third-order valence-corrected chi connectivity index (χ3v) is 3.78. The normalized spacial score (nSPS) is 14.2. The average molecular weight is 302 g/mol. The van der Waals surface area contributed by atoms with Crippen LogP contribution in [0, 0.1) is 0 Å². The predicted molar refractivity (Wildman–Crippen MR) is 75.9 cm³/mol. The summed E-state index contributed by atoms with van der Waals surface area (Å²) in [5.41, 5.74) is 2.11. The quantitative estimate of drug-likeness (QED) is 0.363. The largest absolute Gasteiger partial charge is 0.451 e. The molecule has 0 atom stereocenters. The molecule has 2 heterocycles. The first kappa shape index (κ1) is 12.3. The molecule has 0 N–H and O–H groups in total. The maximum absolute atomic E-state index is 11.4. The summed E-state index contributed by atoms with van der Waals surface area (Å²) in [6.45, 7) is 0. The van der Waals surface area contributed by atoms with Crippen molar-refractivity contribution < 1.29 is 13.9 Å². The van der Waals surface area contributed by atoms with Crippen molar-refractivity contribution in [1.29, 1.82) is 0 Å². The van der Waals surface area contributed by atoms with Gasteiger partial charge in [-0.05, 0) is 30.2 Å². The molecule has 0 spiro atoms. The number of rotatable bonds is 0. The Morgan fingerprint density at radius 1 is 1.14 bits per heavy atom. The molecule has 0 saturated heterocycles. The van der Waals surface area contributed by atoms with E-state index in [2.05, 4.69) is 4.98 Å². The lowest BCUT2D eigenvalue weighted by Crippen LogP contribution is -2.16. The van der Waals surface area contributed by atoms with Gasteiger partial charge in [-0.2, -0.15) is 0 Å². The number of nitrogens with zero attached hydrogens (tertiary/aromatic N) is 1. The van der Waals surface area contributed by atoms with Crippen molar-refractivity contribution in [1.82, 2.24) is 4.98 Å². The van der Waals surface area contributed by atoms with Gasteiger partial charge in [0.1, 0.15) is 16.2 Å². The molecule has 0 amide bonds. The van der Waals surface area contributed by atoms with Gasteiger partial charge < -0.3 is 9.15 Å². The minimum Gasteiger partial charge on any atom is -0.451 e. The summed E-state index contributed by atoms with van der Waals surface area (Å²) < 4.78 is 10.9. The fourth-order valence-corrected chi connectivity index (χ4v) is 2.73. The highest BCUT2D eigenvalue weighted by Gasteiger charge is 2.24. The van der Waals surface area contributed by atoms with Gasteiger partial charge in [0.2, 0.25) is 0 Å². The molecule has 0 fully saturated rings. The summed E-state index contributed by atoms with van der Waals surface area (Å²) in [4.78, 5) is 27.2. The van der Waals surface area contributed by atoms with Crippen molar-refractivity contribution in [2.45, 2.75) is 12.8 Å². The van der Waals surface area contributed by atoms with E-state index >= 15 is 0 Å². The van der Waals surface area contributed by atoms with Crippen molar-refractivity contribution in [2.75, 3.05) is 0 Å². The molecule has 1 aliphatic carbocycles. The number of hydrogen-bond donors (Lipinski definition) is 0. The SMILES string of the molecule is O=C1CCc2cc3nc4ccc(=O)cc-4oc3c(Cl)c2O1. The summed E-state index contributed by atoms with van der Waals surface area (Å²) in [5.74, 6) is 0.349. The molecule has 0 saturated carbocycles. The highest BCUT2D eigenvalue weighted by Crippen LogP contribution is 2.40. The molecular weight excluding hydrogens is 294 g/mol. The molecule has 4 rings (SSSR count). The average Bonchev–Trinajstić information content (AvgIpc) is 2.47. The van der Waals surface area contributed by atoms with Gasteiger partial charge in [0.15, 0.2) is 22.5 Å². The van der Waals surface area contributed by atoms with Crippen LogP contribution in [-0.2, 0) is 11.2 Å². The summed E-state index contributed by atoms with van der Waals surface area (Å²) in [6, 6.07) is 6.19. The first-order valence-electron chi connectivity index (χ1n) is 6.38. The lowest BCUT2D eigenvalue weighted by atomic mass is 10.0. The standard InChI is InChI=1S/C15H8ClNO4/c16-13-14-7(1-4-12(19)21-14)5-10-15(13)20-11-6-8(18)2-3-9(11)17-10/h2-3,5-6H,1,4H2. The molecule has 0 bridgehead atoms. The van der Waals surface area contributed by atoms with Gasteiger partial charge >= 0.3 is 5.97 Å². The van der Waals surface area contributed by atoms with Crippen molar-refractivity contribution in [3.63, 3.8) is 0 Å². The predicted octanol–water partition coefficient (Wildman–Crippen LogP) is 2.80. The second-order valence-electron chi connectivity index (χ2n) is 4.84. The Labute approximate surface area is 123 Å². The van der Waals surface area contributed by atoms with Crippen LogP contribution < -0.4 is 10.2 Å². The third-order valence-electron chi connectivity index (χ3n) is 3.43. The van der Waals surface area contributed by atoms with E-state index < -0.39 is 0 Å². The second kappa shape index (κ2) is 4.30. The Bertz CT molecular complexity index is 931. The smallest absolute Gasteiger partial charge is 0.311 e. The van der Waals surface area contributed by atoms with Crippen LogP contribution in [0.15, 0.2) is 33.5 Å². The van der Waals surface area contributed by atoms with Crippen molar-refractivity contribution in [3.8, 4) is 17.2 Å². The lowest BCUT2D eigenvalue weighted by Gasteiger charge is -2.18. The fourth-order valence-electron chi connectivity index (χ4n) is 2.44. The van der Waals surface area contributed by atoms with Gasteiger partial charge in [-0.3, -0.25) is 9.59 Å². The number of benzene rings is 2. The molecule has 104 valence electrons. The van der Waals surface area contributed by atoms with E-state index in [9.17, 15) is 9.59 Å². The fraction of sp³-hybridized carbons (Fsp3) is 0.133. The maximum Gasteiger partial charge on any atom is 0.311 e. The van der Waals surface area contributed by atoms with Crippen molar-refractivity contribution in [3.05, 3.63) is 45.1 Å². The van der Waals surface area contributed by atoms with Gasteiger partial charge in [0, 0.05) is 6.07 Å². The van der Waals surface area contributed by atoms with Gasteiger partial charge in [-0.15, -0.1) is 0 Å². The van der Waals surface area contributed by atoms with Gasteiger partial charge in [-0.25, -0.2) is 4.98 Å². The minimum absolute atomic E-state index is 0.173. The number of fused-ring (bicyclic) bond motifs is 3. The molecule has 2 aliphatic heterocycles. The van der Waals surface area contributed by atoms with E-state index in [0.717, 1.165) is 5.56 Å². The number of halogens is 1. The highest BCUT2D eigenvalue weighted by atomic mass is 35.5. The number of ether oxygens (including phenoxy) is 1. The molecule has 0 aromatic heterocycles. The zero-order valence-electron chi connectivity index (χ0n) is 10.7. The first-order chi connectivity index (χ1) is 10.1. The van der Waals surface area contributed by atoms with Crippen LogP contribution in [0.3, 0.4) is 0 Å². The van der Waals surface area contributed by atoms with Crippen LogP contribution in [0.5, 0.6) is 5.75 Å². The number of hydrogen-bond acceptors (Lipinski definition) is 5. The molecule has 1 aromatic carbocycles. The minimum atomic E-state index is -0.320. The number of aromatic nitrogens is 1. The molecule has 3 aliphatic rings. The van der Waals surface area contributed by atoms with Crippen LogP contribution in [0.1, 0.15) is 12.0 Å². The Morgan fingerprint density at radius 2 is 2.00 bits per heavy atom. The Morgan fingerprint density at radius 3 is 2.86 bits per heavy atom. The van der Waals surface area contributed by atoms with Crippen LogP contribution in [0.2, 0.25) is 5.02 Å². The molecule has 5 nitrogen and oxygen atoms in total. The monoisotopic (exact) mass is 301 g/mol. The van der Waals surface area contributed by atoms with Gasteiger partial charge in [-0.1, -0.05) is 11.6 Å². The zero-order chi connectivity index (χ0) is 14.6. The van der Waals surface area contributed by atoms with E-state index in [4.69, 9.17) is 20.8 Å². The maximum atomic E-state index is 11.4. The zero-order valence-corrected chi connectivity index (χ0v) is 11.4. The summed E-state index contributed by atoms with van der Waals surface area (Å²) in [5, 5.41) is 0.209. The van der Waals surface area contributed by atoms with E-state index in [1.807, 2.05) is 0 Å². The topological polar surface area (TPSA) is 69.4 Å². The van der Waals surface area contributed by atoms with Crippen LogP contribution >= 0.6 is 11.6 Å². The third kappa shape index (κ3) is 1.89. The van der Waals surface area contributed by atoms with E-state index in [1.165, 1.54) is 12.1 Å². The number of aryl methyl sites for hydroxylation is 1. The van der Waals surface area contributed by atoms with Gasteiger partial charge in [0.05, 0.1) is 6.42 Å². The van der Waals surface area contributed by atoms with Crippen LogP contribution in [0.4, 0.5) is 0 Å². The number of esters is 1. The molecular formula is C15H8ClNO4. The molecule has 1 aromatic rings. The number of carbonyl (C=O) groups is 1. The number of carbonyl (C=O) groups excluding carboxylic acids is 1. The van der Waals surface area contributed by atoms with E-state index in [-0.39, 0.29) is 16.4 Å². The lowest BCUT2D eigenvalue weighted by molar-refractivity contribution is -0.135. The van der Waals surface area contributed by atoms with Crippen LogP contribution in [0.25, 0.3) is 22.6 Å². The molecule has 6 heteroatoms. The van der Waals surface area contributed by atoms with Crippen molar-refractivity contribution in [2.24, 2.45) is 0 Å².